The minimum absolute atomic E-state index is 0.607. The zero-order valence-electron chi connectivity index (χ0n) is 12.0. The quantitative estimate of drug-likeness (QED) is 0.813. The second kappa shape index (κ2) is 7.62. The molecule has 108 valence electrons. The van der Waals surface area contributed by atoms with Gasteiger partial charge < -0.3 is 15.5 Å². The molecular formula is C14H27N5. The van der Waals surface area contributed by atoms with Gasteiger partial charge in [0.25, 0.3) is 0 Å². The largest absolute Gasteiger partial charge is 0.330 e. The molecule has 1 aromatic heterocycles. The SMILES string of the molecule is CC(CN)CN1CCCN(CCn2cccn2)CC1. The highest BCUT2D eigenvalue weighted by Gasteiger charge is 2.15. The van der Waals surface area contributed by atoms with Crippen molar-refractivity contribution in [1.82, 2.24) is 19.6 Å². The fourth-order valence-corrected chi connectivity index (χ4v) is 2.62. The third-order valence-electron chi connectivity index (χ3n) is 3.86. The van der Waals surface area contributed by atoms with Crippen LogP contribution in [0.25, 0.3) is 0 Å². The van der Waals surface area contributed by atoms with E-state index < -0.39 is 0 Å². The van der Waals surface area contributed by atoms with Crippen LogP contribution in [0.5, 0.6) is 0 Å². The van der Waals surface area contributed by atoms with E-state index in [0.29, 0.717) is 5.92 Å². The van der Waals surface area contributed by atoms with Crippen molar-refractivity contribution in [3.05, 3.63) is 18.5 Å². The van der Waals surface area contributed by atoms with Crippen molar-refractivity contribution in [3.63, 3.8) is 0 Å². The summed E-state index contributed by atoms with van der Waals surface area (Å²) >= 11 is 0. The Labute approximate surface area is 116 Å². The molecular weight excluding hydrogens is 238 g/mol. The molecule has 2 heterocycles. The Balaban J connectivity index is 1.70. The predicted molar refractivity (Wildman–Crippen MR) is 77.9 cm³/mol. The van der Waals surface area contributed by atoms with E-state index >= 15 is 0 Å². The molecule has 1 atom stereocenters. The van der Waals surface area contributed by atoms with Gasteiger partial charge in [0.15, 0.2) is 0 Å². The fraction of sp³-hybridized carbons (Fsp3) is 0.786. The maximum absolute atomic E-state index is 5.71. The van der Waals surface area contributed by atoms with Gasteiger partial charge in [-0.05, 0) is 38.0 Å². The summed E-state index contributed by atoms with van der Waals surface area (Å²) in [6.07, 6.45) is 5.14. The lowest BCUT2D eigenvalue weighted by Gasteiger charge is -2.24. The molecule has 19 heavy (non-hydrogen) atoms. The summed E-state index contributed by atoms with van der Waals surface area (Å²) in [5.74, 6) is 0.607. The molecule has 5 nitrogen and oxygen atoms in total. The third-order valence-corrected chi connectivity index (χ3v) is 3.86. The lowest BCUT2D eigenvalue weighted by atomic mass is 10.1. The van der Waals surface area contributed by atoms with Gasteiger partial charge in [-0.25, -0.2) is 0 Å². The van der Waals surface area contributed by atoms with E-state index in [1.807, 2.05) is 23.1 Å². The summed E-state index contributed by atoms with van der Waals surface area (Å²) in [7, 11) is 0. The van der Waals surface area contributed by atoms with Crippen LogP contribution in [-0.2, 0) is 6.54 Å². The summed E-state index contributed by atoms with van der Waals surface area (Å²) in [6.45, 7) is 11.0. The van der Waals surface area contributed by atoms with Crippen molar-refractivity contribution < 1.29 is 0 Å². The van der Waals surface area contributed by atoms with Crippen molar-refractivity contribution in [2.24, 2.45) is 11.7 Å². The van der Waals surface area contributed by atoms with Gasteiger partial charge >= 0.3 is 0 Å². The monoisotopic (exact) mass is 265 g/mol. The normalized spacial score (nSPS) is 20.3. The Kier molecular flexibility index (Phi) is 5.82. The van der Waals surface area contributed by atoms with Crippen molar-refractivity contribution in [2.45, 2.75) is 19.9 Å². The fourth-order valence-electron chi connectivity index (χ4n) is 2.62. The Morgan fingerprint density at radius 1 is 1.16 bits per heavy atom. The molecule has 1 saturated heterocycles. The highest BCUT2D eigenvalue weighted by atomic mass is 15.3. The summed E-state index contributed by atoms with van der Waals surface area (Å²) < 4.78 is 2.01. The Morgan fingerprint density at radius 3 is 2.68 bits per heavy atom. The smallest absolute Gasteiger partial charge is 0.0536 e. The average Bonchev–Trinajstić information content (AvgIpc) is 2.84. The minimum Gasteiger partial charge on any atom is -0.330 e. The molecule has 1 fully saturated rings. The van der Waals surface area contributed by atoms with Crippen LogP contribution in [0.4, 0.5) is 0 Å². The number of nitrogens with two attached hydrogens (primary N) is 1. The van der Waals surface area contributed by atoms with E-state index in [-0.39, 0.29) is 0 Å². The summed E-state index contributed by atoms with van der Waals surface area (Å²) in [5, 5.41) is 4.26. The maximum atomic E-state index is 5.71. The van der Waals surface area contributed by atoms with E-state index in [2.05, 4.69) is 21.8 Å². The summed E-state index contributed by atoms with van der Waals surface area (Å²) in [5.41, 5.74) is 5.71. The molecule has 0 amide bonds. The van der Waals surface area contributed by atoms with Crippen LogP contribution >= 0.6 is 0 Å². The zero-order valence-corrected chi connectivity index (χ0v) is 12.0. The molecule has 1 unspecified atom stereocenters. The van der Waals surface area contributed by atoms with Gasteiger partial charge in [-0.1, -0.05) is 6.92 Å². The Hall–Kier alpha value is -0.910. The number of nitrogens with zero attached hydrogens (tertiary/aromatic N) is 4. The first kappa shape index (κ1) is 14.5. The molecule has 1 aromatic rings. The molecule has 2 N–H and O–H groups in total. The number of aromatic nitrogens is 2. The zero-order chi connectivity index (χ0) is 13.5. The van der Waals surface area contributed by atoms with Gasteiger partial charge in [0.2, 0.25) is 0 Å². The number of rotatable bonds is 6. The van der Waals surface area contributed by atoms with Gasteiger partial charge in [0.05, 0.1) is 6.54 Å². The molecule has 0 aromatic carbocycles. The topological polar surface area (TPSA) is 50.3 Å². The van der Waals surface area contributed by atoms with Crippen LogP contribution in [0.3, 0.4) is 0 Å². The Morgan fingerprint density at radius 2 is 1.95 bits per heavy atom. The molecule has 1 aliphatic rings. The first-order valence-corrected chi connectivity index (χ1v) is 7.40. The van der Waals surface area contributed by atoms with Gasteiger partial charge in [0.1, 0.15) is 0 Å². The van der Waals surface area contributed by atoms with Crippen LogP contribution in [0.15, 0.2) is 18.5 Å². The van der Waals surface area contributed by atoms with Gasteiger partial charge in [-0.3, -0.25) is 4.68 Å². The Bertz CT molecular complexity index is 338. The standard InChI is InChI=1S/C14H27N5/c1-14(12-15)13-18-6-3-5-17(8-9-18)10-11-19-7-2-4-16-19/h2,4,7,14H,3,5-6,8-13,15H2,1H3. The first-order chi connectivity index (χ1) is 9.28. The van der Waals surface area contributed by atoms with Crippen molar-refractivity contribution in [3.8, 4) is 0 Å². The molecule has 1 aliphatic heterocycles. The molecule has 0 saturated carbocycles. The van der Waals surface area contributed by atoms with Crippen LogP contribution < -0.4 is 5.73 Å². The third kappa shape index (κ3) is 4.93. The van der Waals surface area contributed by atoms with E-state index in [4.69, 9.17) is 5.73 Å². The highest BCUT2D eigenvalue weighted by molar-refractivity contribution is 4.78. The molecule has 5 heteroatoms. The lowest BCUT2D eigenvalue weighted by molar-refractivity contribution is 0.230. The molecule has 2 rings (SSSR count). The summed E-state index contributed by atoms with van der Waals surface area (Å²) in [4.78, 5) is 5.11. The van der Waals surface area contributed by atoms with E-state index in [1.165, 1.54) is 32.6 Å². The van der Waals surface area contributed by atoms with Gasteiger partial charge in [0, 0.05) is 38.6 Å². The van der Waals surface area contributed by atoms with Crippen molar-refractivity contribution >= 4 is 0 Å². The van der Waals surface area contributed by atoms with E-state index in [1.54, 1.807) is 0 Å². The molecule has 0 radical (unpaired) electrons. The van der Waals surface area contributed by atoms with E-state index in [0.717, 1.165) is 26.2 Å². The van der Waals surface area contributed by atoms with Gasteiger partial charge in [-0.2, -0.15) is 5.10 Å². The maximum Gasteiger partial charge on any atom is 0.0536 e. The average molecular weight is 265 g/mol. The van der Waals surface area contributed by atoms with Crippen molar-refractivity contribution in [1.29, 1.82) is 0 Å². The number of hydrogen-bond donors (Lipinski definition) is 1. The highest BCUT2D eigenvalue weighted by Crippen LogP contribution is 2.06. The van der Waals surface area contributed by atoms with Crippen LogP contribution in [0.2, 0.25) is 0 Å². The minimum atomic E-state index is 0.607. The van der Waals surface area contributed by atoms with Crippen molar-refractivity contribution in [2.75, 3.05) is 45.8 Å². The molecule has 0 bridgehead atoms. The number of hydrogen-bond acceptors (Lipinski definition) is 4. The molecule has 0 aliphatic carbocycles. The van der Waals surface area contributed by atoms with E-state index in [9.17, 15) is 0 Å². The van der Waals surface area contributed by atoms with Gasteiger partial charge in [-0.15, -0.1) is 0 Å². The van der Waals surface area contributed by atoms with Crippen LogP contribution in [-0.4, -0.2) is 65.4 Å². The lowest BCUT2D eigenvalue weighted by Crippen LogP contribution is -2.36. The first-order valence-electron chi connectivity index (χ1n) is 7.40. The van der Waals surface area contributed by atoms with Crippen LogP contribution in [0, 0.1) is 5.92 Å². The van der Waals surface area contributed by atoms with Crippen LogP contribution in [0.1, 0.15) is 13.3 Å². The summed E-state index contributed by atoms with van der Waals surface area (Å²) in [6, 6.07) is 1.98. The predicted octanol–water partition coefficient (Wildman–Crippen LogP) is 0.486. The second-order valence-corrected chi connectivity index (χ2v) is 5.61. The molecule has 0 spiro atoms. The second-order valence-electron chi connectivity index (χ2n) is 5.61.